The van der Waals surface area contributed by atoms with Gasteiger partial charge in [-0.25, -0.2) is 9.78 Å². The Morgan fingerprint density at radius 3 is 2.68 bits per heavy atom. The van der Waals surface area contributed by atoms with Crippen LogP contribution < -0.4 is 4.74 Å². The topological polar surface area (TPSA) is 81.6 Å². The van der Waals surface area contributed by atoms with Crippen LogP contribution in [0.4, 0.5) is 0 Å². The number of aromatic nitrogens is 2. The number of ether oxygens (including phenoxy) is 2. The van der Waals surface area contributed by atoms with Gasteiger partial charge < -0.3 is 14.4 Å². The molecule has 2 aliphatic heterocycles. The minimum absolute atomic E-state index is 0.108. The van der Waals surface area contributed by atoms with Crippen LogP contribution in [0.5, 0.6) is 5.75 Å². The van der Waals surface area contributed by atoms with Crippen molar-refractivity contribution >= 4 is 22.8 Å². The Morgan fingerprint density at radius 1 is 1.00 bits per heavy atom. The van der Waals surface area contributed by atoms with Gasteiger partial charge in [-0.3, -0.25) is 9.78 Å². The number of benzene rings is 2. The largest absolute Gasteiger partial charge is 0.487 e. The quantitative estimate of drug-likeness (QED) is 0.382. The molecule has 3 aliphatic rings. The van der Waals surface area contributed by atoms with E-state index < -0.39 is 11.0 Å². The van der Waals surface area contributed by atoms with E-state index >= 15 is 0 Å². The average Bonchev–Trinajstić information content (AvgIpc) is 3.57. The highest BCUT2D eigenvalue weighted by atomic mass is 16.6. The number of carbonyl (C=O) groups is 2. The Balaban J connectivity index is 1.04. The molecule has 0 N–H and O–H groups in total. The van der Waals surface area contributed by atoms with Crippen molar-refractivity contribution in [3.63, 3.8) is 0 Å². The van der Waals surface area contributed by atoms with Crippen LogP contribution in [0.3, 0.4) is 0 Å². The molecule has 1 atom stereocenters. The summed E-state index contributed by atoms with van der Waals surface area (Å²) >= 11 is 0. The van der Waals surface area contributed by atoms with Crippen LogP contribution >= 0.6 is 0 Å². The summed E-state index contributed by atoms with van der Waals surface area (Å²) in [7, 11) is 0. The van der Waals surface area contributed by atoms with Gasteiger partial charge in [0.05, 0.1) is 28.7 Å². The van der Waals surface area contributed by atoms with Crippen LogP contribution in [0.2, 0.25) is 0 Å². The SMILES string of the molecule is O=C1OC2(CCN(C(=O)C3(c4ccc(OCc5ccc6ccccc6n5)cc4)CC3)C2)c2ccncc21. The maximum Gasteiger partial charge on any atom is 0.341 e. The number of fused-ring (bicyclic) bond motifs is 3. The van der Waals surface area contributed by atoms with Crippen molar-refractivity contribution in [1.82, 2.24) is 14.9 Å². The van der Waals surface area contributed by atoms with Crippen LogP contribution in [0, 0.1) is 0 Å². The van der Waals surface area contributed by atoms with E-state index in [2.05, 4.69) is 16.0 Å². The summed E-state index contributed by atoms with van der Waals surface area (Å²) in [5.41, 5.74) is 2.91. The highest BCUT2D eigenvalue weighted by Gasteiger charge is 2.57. The Labute approximate surface area is 214 Å². The van der Waals surface area contributed by atoms with E-state index in [0.717, 1.165) is 46.3 Å². The second kappa shape index (κ2) is 8.13. The molecule has 7 rings (SSSR count). The second-order valence-electron chi connectivity index (χ2n) is 10.2. The predicted octanol–water partition coefficient (Wildman–Crippen LogP) is 4.54. The zero-order valence-corrected chi connectivity index (χ0v) is 20.2. The molecule has 1 saturated carbocycles. The first-order valence-corrected chi connectivity index (χ1v) is 12.6. The molecule has 184 valence electrons. The Bertz CT molecular complexity index is 1550. The summed E-state index contributed by atoms with van der Waals surface area (Å²) in [5, 5.41) is 1.10. The number of pyridine rings is 2. The highest BCUT2D eigenvalue weighted by Crippen LogP contribution is 2.52. The third-order valence-electron chi connectivity index (χ3n) is 7.95. The third kappa shape index (κ3) is 3.56. The highest BCUT2D eigenvalue weighted by molar-refractivity contribution is 5.95. The van der Waals surface area contributed by atoms with Crippen molar-refractivity contribution in [2.24, 2.45) is 0 Å². The molecular weight excluding hydrogens is 466 g/mol. The van der Waals surface area contributed by atoms with Gasteiger partial charge in [0.15, 0.2) is 5.60 Å². The Hall–Kier alpha value is -4.26. The lowest BCUT2D eigenvalue weighted by Gasteiger charge is -2.27. The van der Waals surface area contributed by atoms with Gasteiger partial charge in [-0.2, -0.15) is 0 Å². The standard InChI is InChI=1S/C30H25N3O4/c34-27-24-17-31-15-11-25(24)30(37-27)14-16-33(19-30)28(35)29(12-13-29)21-6-9-23(10-7-21)36-18-22-8-5-20-3-1-2-4-26(20)32-22/h1-11,15,17H,12-14,16,18-19H2. The summed E-state index contributed by atoms with van der Waals surface area (Å²) in [4.78, 5) is 36.7. The molecule has 37 heavy (non-hydrogen) atoms. The molecule has 2 aromatic carbocycles. The molecular formula is C30H25N3O4. The lowest BCUT2D eigenvalue weighted by atomic mass is 9.92. The number of nitrogens with zero attached hydrogens (tertiary/aromatic N) is 3. The van der Waals surface area contributed by atoms with Crippen LogP contribution in [0.25, 0.3) is 10.9 Å². The fourth-order valence-corrected chi connectivity index (χ4v) is 5.77. The fraction of sp³-hybridized carbons (Fsp3) is 0.267. The number of hydrogen-bond acceptors (Lipinski definition) is 6. The first-order valence-electron chi connectivity index (χ1n) is 12.6. The molecule has 0 radical (unpaired) electrons. The summed E-state index contributed by atoms with van der Waals surface area (Å²) in [6, 6.07) is 21.7. The molecule has 7 nitrogen and oxygen atoms in total. The van der Waals surface area contributed by atoms with Crippen LogP contribution in [-0.4, -0.2) is 39.8 Å². The van der Waals surface area contributed by atoms with Crippen molar-refractivity contribution in [3.8, 4) is 5.75 Å². The molecule has 1 amide bonds. The van der Waals surface area contributed by atoms with Gasteiger partial charge in [-0.1, -0.05) is 36.4 Å². The molecule has 2 fully saturated rings. The van der Waals surface area contributed by atoms with Gasteiger partial charge >= 0.3 is 5.97 Å². The minimum atomic E-state index is -0.754. The first-order chi connectivity index (χ1) is 18.1. The van der Waals surface area contributed by atoms with E-state index in [4.69, 9.17) is 9.47 Å². The van der Waals surface area contributed by atoms with Crippen molar-refractivity contribution < 1.29 is 19.1 Å². The molecule has 4 aromatic rings. The van der Waals surface area contributed by atoms with Crippen LogP contribution in [-0.2, 0) is 27.2 Å². The van der Waals surface area contributed by atoms with Gasteiger partial charge in [0.1, 0.15) is 12.4 Å². The number of amides is 1. The molecule has 1 aliphatic carbocycles. The number of rotatable bonds is 5. The fourth-order valence-electron chi connectivity index (χ4n) is 5.77. The number of para-hydroxylation sites is 1. The maximum atomic E-state index is 13.7. The van der Waals surface area contributed by atoms with Crippen molar-refractivity contribution in [2.75, 3.05) is 13.1 Å². The van der Waals surface area contributed by atoms with E-state index in [1.165, 1.54) is 0 Å². The van der Waals surface area contributed by atoms with Gasteiger partial charge in [-0.05, 0) is 48.7 Å². The lowest BCUT2D eigenvalue weighted by molar-refractivity contribution is -0.134. The summed E-state index contributed by atoms with van der Waals surface area (Å²) in [6.45, 7) is 1.33. The van der Waals surface area contributed by atoms with E-state index in [0.29, 0.717) is 31.7 Å². The number of likely N-dealkylation sites (tertiary alicyclic amines) is 1. The predicted molar refractivity (Wildman–Crippen MR) is 136 cm³/mol. The van der Waals surface area contributed by atoms with Crippen molar-refractivity contribution in [2.45, 2.75) is 36.9 Å². The van der Waals surface area contributed by atoms with E-state index in [1.807, 2.05) is 65.6 Å². The third-order valence-corrected chi connectivity index (χ3v) is 7.95. The van der Waals surface area contributed by atoms with Gasteiger partial charge in [0, 0.05) is 36.3 Å². The van der Waals surface area contributed by atoms with E-state index in [1.54, 1.807) is 12.4 Å². The Kier molecular flexibility index (Phi) is 4.83. The van der Waals surface area contributed by atoms with Crippen molar-refractivity contribution in [1.29, 1.82) is 0 Å². The molecule has 1 saturated heterocycles. The summed E-state index contributed by atoms with van der Waals surface area (Å²) < 4.78 is 11.8. The smallest absolute Gasteiger partial charge is 0.341 e. The first kappa shape index (κ1) is 22.0. The maximum absolute atomic E-state index is 13.7. The van der Waals surface area contributed by atoms with E-state index in [-0.39, 0.29) is 11.9 Å². The molecule has 4 heterocycles. The average molecular weight is 492 g/mol. The van der Waals surface area contributed by atoms with Gasteiger partial charge in [0.25, 0.3) is 0 Å². The second-order valence-corrected chi connectivity index (χ2v) is 10.2. The molecule has 1 unspecified atom stereocenters. The van der Waals surface area contributed by atoms with Gasteiger partial charge in [-0.15, -0.1) is 0 Å². The van der Waals surface area contributed by atoms with Crippen molar-refractivity contribution in [3.05, 3.63) is 102 Å². The van der Waals surface area contributed by atoms with Gasteiger partial charge in [0.2, 0.25) is 5.91 Å². The number of esters is 1. The summed E-state index contributed by atoms with van der Waals surface area (Å²) in [5.74, 6) is 0.496. The monoisotopic (exact) mass is 491 g/mol. The van der Waals surface area contributed by atoms with Crippen LogP contribution in [0.15, 0.2) is 79.1 Å². The van der Waals surface area contributed by atoms with Crippen LogP contribution in [0.1, 0.15) is 46.4 Å². The normalized spacial score (nSPS) is 21.2. The number of carbonyl (C=O) groups excluding carboxylic acids is 2. The zero-order valence-electron chi connectivity index (χ0n) is 20.2. The summed E-state index contributed by atoms with van der Waals surface area (Å²) in [6.07, 6.45) is 5.47. The van der Waals surface area contributed by atoms with E-state index in [9.17, 15) is 9.59 Å². The zero-order chi connectivity index (χ0) is 25.0. The number of hydrogen-bond donors (Lipinski definition) is 0. The molecule has 7 heteroatoms. The molecule has 0 bridgehead atoms. The minimum Gasteiger partial charge on any atom is -0.487 e. The molecule has 1 spiro atoms. The Morgan fingerprint density at radius 2 is 1.84 bits per heavy atom. The molecule has 2 aromatic heterocycles. The lowest BCUT2D eigenvalue weighted by Crippen LogP contribution is -2.40.